The van der Waals surface area contributed by atoms with Gasteiger partial charge in [0.15, 0.2) is 6.10 Å². The van der Waals surface area contributed by atoms with Crippen LogP contribution < -0.4 is 4.89 Å². The minimum absolute atomic E-state index is 0.0252. The maximum Gasteiger partial charge on any atom is 0.306 e. The van der Waals surface area contributed by atoms with E-state index in [1.807, 2.05) is 21.1 Å². The monoisotopic (exact) mass is 972 g/mol. The molecular formula is C57H114NO8P. The minimum Gasteiger partial charge on any atom is -0.756 e. The molecule has 0 aromatic heterocycles. The van der Waals surface area contributed by atoms with E-state index in [-0.39, 0.29) is 32.0 Å². The van der Waals surface area contributed by atoms with Gasteiger partial charge in [-0.15, -0.1) is 0 Å². The van der Waals surface area contributed by atoms with Gasteiger partial charge in [-0.2, -0.15) is 0 Å². The number of nitrogens with zero attached hydrogens (tertiary/aromatic N) is 1. The van der Waals surface area contributed by atoms with Gasteiger partial charge in [-0.25, -0.2) is 0 Å². The van der Waals surface area contributed by atoms with E-state index in [9.17, 15) is 19.0 Å². The Balaban J connectivity index is 4.03. The third-order valence-corrected chi connectivity index (χ3v) is 14.3. The molecule has 9 nitrogen and oxygen atoms in total. The van der Waals surface area contributed by atoms with Crippen LogP contribution in [0.15, 0.2) is 0 Å². The topological polar surface area (TPSA) is 111 Å². The number of rotatable bonds is 55. The summed E-state index contributed by atoms with van der Waals surface area (Å²) in [6, 6.07) is 0. The smallest absolute Gasteiger partial charge is 0.306 e. The van der Waals surface area contributed by atoms with E-state index in [2.05, 4.69) is 13.8 Å². The molecular weight excluding hydrogens is 858 g/mol. The van der Waals surface area contributed by atoms with Crippen molar-refractivity contribution in [2.45, 2.75) is 309 Å². The van der Waals surface area contributed by atoms with Gasteiger partial charge >= 0.3 is 11.9 Å². The Bertz CT molecular complexity index is 1100. The molecule has 0 aliphatic heterocycles. The number of hydrogen-bond donors (Lipinski definition) is 0. The fourth-order valence-electron chi connectivity index (χ4n) is 8.84. The molecule has 0 aliphatic carbocycles. The molecule has 0 bridgehead atoms. The molecule has 400 valence electrons. The second-order valence-electron chi connectivity index (χ2n) is 21.4. The summed E-state index contributed by atoms with van der Waals surface area (Å²) in [4.78, 5) is 37.8. The van der Waals surface area contributed by atoms with Crippen molar-refractivity contribution in [3.8, 4) is 0 Å². The standard InChI is InChI=1S/C57H114NO8P/c1-6-8-10-12-14-16-18-20-22-23-24-25-26-27-28-29-30-31-32-33-34-36-38-40-42-44-46-48-50-57(60)66-55(54-65-67(61,62)64-52-51-58(3,4)5)53-63-56(59)49-47-45-43-41-39-37-35-21-19-17-15-13-11-9-7-2/h55H,6-54H2,1-5H3. The van der Waals surface area contributed by atoms with Gasteiger partial charge < -0.3 is 27.9 Å². The molecule has 0 fully saturated rings. The average Bonchev–Trinajstić information content (AvgIpc) is 3.29. The molecule has 0 rings (SSSR count). The largest absolute Gasteiger partial charge is 0.756 e. The van der Waals surface area contributed by atoms with Gasteiger partial charge in [-0.05, 0) is 12.8 Å². The molecule has 0 spiro atoms. The number of quaternary nitrogens is 1. The van der Waals surface area contributed by atoms with Crippen LogP contribution in [0.1, 0.15) is 303 Å². The van der Waals surface area contributed by atoms with E-state index in [4.69, 9.17) is 18.5 Å². The van der Waals surface area contributed by atoms with Gasteiger partial charge in [0.25, 0.3) is 7.82 Å². The predicted octanol–water partition coefficient (Wildman–Crippen LogP) is 17.2. The second kappa shape index (κ2) is 50.0. The molecule has 67 heavy (non-hydrogen) atoms. The van der Waals surface area contributed by atoms with Crippen LogP contribution in [0.25, 0.3) is 0 Å². The Kier molecular flexibility index (Phi) is 49.2. The molecule has 0 aliphatic rings. The quantitative estimate of drug-likeness (QED) is 0.0256. The highest BCUT2D eigenvalue weighted by atomic mass is 31.2. The molecule has 2 atom stereocenters. The average molecular weight is 973 g/mol. The lowest BCUT2D eigenvalue weighted by atomic mass is 10.0. The zero-order chi connectivity index (χ0) is 49.2. The zero-order valence-electron chi connectivity index (χ0n) is 45.4. The molecule has 2 unspecified atom stereocenters. The third kappa shape index (κ3) is 54.2. The number of hydrogen-bond acceptors (Lipinski definition) is 8. The van der Waals surface area contributed by atoms with Crippen LogP contribution in [0, 0.1) is 0 Å². The van der Waals surface area contributed by atoms with Gasteiger partial charge in [0.05, 0.1) is 27.7 Å². The van der Waals surface area contributed by atoms with E-state index in [0.717, 1.165) is 32.1 Å². The molecule has 0 amide bonds. The summed E-state index contributed by atoms with van der Waals surface area (Å²) in [5, 5.41) is 0. The Hall–Kier alpha value is -0.990. The van der Waals surface area contributed by atoms with Crippen LogP contribution >= 0.6 is 7.82 Å². The van der Waals surface area contributed by atoms with E-state index in [1.54, 1.807) is 0 Å². The number of phosphoric ester groups is 1. The summed E-state index contributed by atoms with van der Waals surface area (Å²) in [7, 11) is 1.19. The third-order valence-electron chi connectivity index (χ3n) is 13.4. The van der Waals surface area contributed by atoms with E-state index >= 15 is 0 Å². The second-order valence-corrected chi connectivity index (χ2v) is 22.8. The van der Waals surface area contributed by atoms with Gasteiger partial charge in [0.1, 0.15) is 19.8 Å². The lowest BCUT2D eigenvalue weighted by Crippen LogP contribution is -2.37. The zero-order valence-corrected chi connectivity index (χ0v) is 46.3. The molecule has 0 heterocycles. The summed E-state index contributed by atoms with van der Waals surface area (Å²) >= 11 is 0. The SMILES string of the molecule is CCCCCCCCCCCCCCCCCCCCCCCCCCCCCCC(=O)OC(COC(=O)CCCCCCCCCCCCCCCCC)COP(=O)([O-])OCC[N+](C)(C)C. The first kappa shape index (κ1) is 66.0. The van der Waals surface area contributed by atoms with Gasteiger partial charge in [-0.1, -0.05) is 277 Å². The number of ether oxygens (including phenoxy) is 2. The van der Waals surface area contributed by atoms with E-state index < -0.39 is 26.5 Å². The Morgan fingerprint density at radius 1 is 0.403 bits per heavy atom. The number of likely N-dealkylation sites (N-methyl/N-ethyl adjacent to an activating group) is 1. The molecule has 0 radical (unpaired) electrons. The lowest BCUT2D eigenvalue weighted by molar-refractivity contribution is -0.870. The Morgan fingerprint density at radius 2 is 0.672 bits per heavy atom. The molecule has 0 N–H and O–H groups in total. The first-order chi connectivity index (χ1) is 32.5. The van der Waals surface area contributed by atoms with Crippen molar-refractivity contribution in [1.82, 2.24) is 0 Å². The van der Waals surface area contributed by atoms with Crippen molar-refractivity contribution in [3.63, 3.8) is 0 Å². The highest BCUT2D eigenvalue weighted by Crippen LogP contribution is 2.38. The van der Waals surface area contributed by atoms with Crippen LogP contribution in [0.3, 0.4) is 0 Å². The van der Waals surface area contributed by atoms with Crippen molar-refractivity contribution in [3.05, 3.63) is 0 Å². The predicted molar refractivity (Wildman–Crippen MR) is 282 cm³/mol. The Labute approximate surface area is 416 Å². The summed E-state index contributed by atoms with van der Waals surface area (Å²) in [5.41, 5.74) is 0. The summed E-state index contributed by atoms with van der Waals surface area (Å²) < 4.78 is 34.1. The summed E-state index contributed by atoms with van der Waals surface area (Å²) in [6.45, 7) is 4.31. The fraction of sp³-hybridized carbons (Fsp3) is 0.965. The fourth-order valence-corrected chi connectivity index (χ4v) is 9.57. The van der Waals surface area contributed by atoms with Gasteiger partial charge in [0, 0.05) is 12.8 Å². The first-order valence-corrected chi connectivity index (χ1v) is 30.7. The number of unbranched alkanes of at least 4 members (excludes halogenated alkanes) is 41. The molecule has 0 aromatic carbocycles. The van der Waals surface area contributed by atoms with Crippen LogP contribution in [-0.2, 0) is 32.7 Å². The summed E-state index contributed by atoms with van der Waals surface area (Å²) in [6.07, 6.45) is 55.8. The first-order valence-electron chi connectivity index (χ1n) is 29.2. The number of phosphoric acid groups is 1. The maximum absolute atomic E-state index is 12.8. The molecule has 10 heteroatoms. The van der Waals surface area contributed by atoms with Crippen LogP contribution in [-0.4, -0.2) is 70.0 Å². The lowest BCUT2D eigenvalue weighted by Gasteiger charge is -2.28. The van der Waals surface area contributed by atoms with Crippen molar-refractivity contribution >= 4 is 19.8 Å². The summed E-state index contributed by atoms with van der Waals surface area (Å²) in [5.74, 6) is -0.811. The highest BCUT2D eigenvalue weighted by molar-refractivity contribution is 7.45. The maximum atomic E-state index is 12.8. The molecule has 0 saturated heterocycles. The van der Waals surface area contributed by atoms with E-state index in [1.165, 1.54) is 238 Å². The molecule has 0 aromatic rings. The van der Waals surface area contributed by atoms with Crippen LogP contribution in [0.5, 0.6) is 0 Å². The van der Waals surface area contributed by atoms with Crippen molar-refractivity contribution in [2.75, 3.05) is 47.5 Å². The number of esters is 2. The van der Waals surface area contributed by atoms with Gasteiger partial charge in [0.2, 0.25) is 0 Å². The van der Waals surface area contributed by atoms with Crippen molar-refractivity contribution < 1.29 is 42.1 Å². The van der Waals surface area contributed by atoms with Crippen LogP contribution in [0.2, 0.25) is 0 Å². The number of carbonyl (C=O) groups is 2. The van der Waals surface area contributed by atoms with Crippen molar-refractivity contribution in [2.24, 2.45) is 0 Å². The minimum atomic E-state index is -4.62. The van der Waals surface area contributed by atoms with Crippen LogP contribution in [0.4, 0.5) is 0 Å². The normalized spacial score (nSPS) is 13.2. The van der Waals surface area contributed by atoms with Gasteiger partial charge in [-0.3, -0.25) is 14.2 Å². The molecule has 0 saturated carbocycles. The van der Waals surface area contributed by atoms with E-state index in [0.29, 0.717) is 17.4 Å². The van der Waals surface area contributed by atoms with Crippen molar-refractivity contribution in [1.29, 1.82) is 0 Å². The highest BCUT2D eigenvalue weighted by Gasteiger charge is 2.22. The Morgan fingerprint density at radius 3 is 0.955 bits per heavy atom. The number of carbonyl (C=O) groups excluding carboxylic acids is 2.